The van der Waals surface area contributed by atoms with E-state index in [0.29, 0.717) is 5.82 Å². The van der Waals surface area contributed by atoms with Crippen LogP contribution in [-0.4, -0.2) is 24.9 Å². The van der Waals surface area contributed by atoms with E-state index in [4.69, 9.17) is 0 Å². The Bertz CT molecular complexity index is 390. The lowest BCUT2D eigenvalue weighted by Gasteiger charge is -1.90. The van der Waals surface area contributed by atoms with E-state index in [1.165, 1.54) is 4.68 Å². The van der Waals surface area contributed by atoms with Gasteiger partial charge in [-0.1, -0.05) is 0 Å². The molecule has 0 bridgehead atoms. The Hall–Kier alpha value is -1.91. The summed E-state index contributed by atoms with van der Waals surface area (Å²) in [4.78, 5) is 7.78. The molecule has 0 spiro atoms. The van der Waals surface area contributed by atoms with E-state index in [1.807, 2.05) is 6.07 Å². The van der Waals surface area contributed by atoms with Crippen LogP contribution in [0, 0.1) is 0 Å². The second kappa shape index (κ2) is 2.85. The summed E-state index contributed by atoms with van der Waals surface area (Å²) in [5.74, 6) is 0.480. The van der Waals surface area contributed by atoms with Crippen molar-refractivity contribution in [2.24, 2.45) is 7.05 Å². The molecule has 0 atom stereocenters. The molecule has 0 saturated heterocycles. The molecule has 2 heterocycles. The van der Waals surface area contributed by atoms with Crippen LogP contribution < -0.4 is 0 Å². The molecule has 0 aliphatic heterocycles. The first kappa shape index (κ1) is 7.72. The summed E-state index contributed by atoms with van der Waals surface area (Å²) < 4.78 is 1.31. The van der Waals surface area contributed by atoms with Crippen molar-refractivity contribution in [1.82, 2.24) is 19.7 Å². The van der Waals surface area contributed by atoms with Gasteiger partial charge in [-0.3, -0.25) is 4.98 Å². The second-order valence-corrected chi connectivity index (χ2v) is 2.60. The summed E-state index contributed by atoms with van der Waals surface area (Å²) >= 11 is 0. The topological polar surface area (TPSA) is 63.8 Å². The van der Waals surface area contributed by atoms with Gasteiger partial charge in [0.05, 0.1) is 0 Å². The molecule has 0 radical (unpaired) electrons. The molecule has 0 saturated carbocycles. The van der Waals surface area contributed by atoms with E-state index < -0.39 is 0 Å². The van der Waals surface area contributed by atoms with Crippen LogP contribution in [0.2, 0.25) is 0 Å². The van der Waals surface area contributed by atoms with E-state index in [-0.39, 0.29) is 6.01 Å². The van der Waals surface area contributed by atoms with E-state index >= 15 is 0 Å². The zero-order valence-electron chi connectivity index (χ0n) is 7.05. The number of aromatic hydroxyl groups is 1. The van der Waals surface area contributed by atoms with Gasteiger partial charge in [-0.25, -0.2) is 4.68 Å². The summed E-state index contributed by atoms with van der Waals surface area (Å²) in [5.41, 5.74) is 0.790. The Kier molecular flexibility index (Phi) is 1.70. The Morgan fingerprint density at radius 3 is 2.85 bits per heavy atom. The van der Waals surface area contributed by atoms with Crippen molar-refractivity contribution < 1.29 is 5.11 Å². The number of pyridine rings is 1. The molecule has 13 heavy (non-hydrogen) atoms. The van der Waals surface area contributed by atoms with Gasteiger partial charge in [0.1, 0.15) is 0 Å². The van der Waals surface area contributed by atoms with Crippen molar-refractivity contribution in [3.05, 3.63) is 24.5 Å². The van der Waals surface area contributed by atoms with Gasteiger partial charge in [0.15, 0.2) is 5.82 Å². The van der Waals surface area contributed by atoms with Gasteiger partial charge in [-0.15, -0.1) is 5.10 Å². The van der Waals surface area contributed by atoms with Crippen molar-refractivity contribution in [1.29, 1.82) is 0 Å². The van der Waals surface area contributed by atoms with Gasteiger partial charge in [-0.2, -0.15) is 4.98 Å². The molecule has 2 aromatic heterocycles. The zero-order chi connectivity index (χ0) is 9.26. The fourth-order valence-corrected chi connectivity index (χ4v) is 0.994. The summed E-state index contributed by atoms with van der Waals surface area (Å²) in [5, 5.41) is 13.2. The van der Waals surface area contributed by atoms with E-state index in [1.54, 1.807) is 25.5 Å². The van der Waals surface area contributed by atoms with Crippen LogP contribution in [0.3, 0.4) is 0 Å². The molecule has 0 fully saturated rings. The van der Waals surface area contributed by atoms with Gasteiger partial charge < -0.3 is 5.11 Å². The van der Waals surface area contributed by atoms with Crippen LogP contribution in [-0.2, 0) is 7.05 Å². The molecule has 66 valence electrons. The number of aryl methyl sites for hydroxylation is 1. The Labute approximate surface area is 74.7 Å². The summed E-state index contributed by atoms with van der Waals surface area (Å²) in [6.45, 7) is 0. The van der Waals surface area contributed by atoms with Crippen LogP contribution >= 0.6 is 0 Å². The van der Waals surface area contributed by atoms with Crippen molar-refractivity contribution >= 4 is 0 Å². The molecule has 0 aliphatic rings. The fourth-order valence-electron chi connectivity index (χ4n) is 0.994. The number of rotatable bonds is 1. The van der Waals surface area contributed by atoms with Crippen molar-refractivity contribution in [3.8, 4) is 17.4 Å². The lowest BCUT2D eigenvalue weighted by atomic mass is 10.3. The van der Waals surface area contributed by atoms with Crippen LogP contribution in [0.4, 0.5) is 0 Å². The summed E-state index contributed by atoms with van der Waals surface area (Å²) in [6, 6.07) is 3.53. The first-order valence-electron chi connectivity index (χ1n) is 3.78. The molecule has 5 nitrogen and oxygen atoms in total. The second-order valence-electron chi connectivity index (χ2n) is 2.60. The average Bonchev–Trinajstić information content (AvgIpc) is 2.49. The van der Waals surface area contributed by atoms with E-state index in [9.17, 15) is 5.11 Å². The molecule has 2 rings (SSSR count). The normalized spacial score (nSPS) is 10.2. The highest BCUT2D eigenvalue weighted by Crippen LogP contribution is 2.15. The van der Waals surface area contributed by atoms with Gasteiger partial charge in [0, 0.05) is 25.0 Å². The minimum atomic E-state index is -0.0983. The molecule has 0 unspecified atom stereocenters. The third-order valence-electron chi connectivity index (χ3n) is 1.66. The zero-order valence-corrected chi connectivity index (χ0v) is 7.05. The van der Waals surface area contributed by atoms with Crippen molar-refractivity contribution in [2.45, 2.75) is 0 Å². The third kappa shape index (κ3) is 1.35. The monoisotopic (exact) mass is 176 g/mol. The van der Waals surface area contributed by atoms with Gasteiger partial charge in [-0.05, 0) is 12.1 Å². The number of aromatic nitrogens is 4. The van der Waals surface area contributed by atoms with Crippen LogP contribution in [0.15, 0.2) is 24.5 Å². The predicted octanol–water partition coefficient (Wildman–Crippen LogP) is 0.583. The minimum Gasteiger partial charge on any atom is -0.479 e. The number of hydrogen-bond acceptors (Lipinski definition) is 4. The SMILES string of the molecule is Cn1nc(-c2cccnc2)nc1O. The molecule has 5 heteroatoms. The van der Waals surface area contributed by atoms with Crippen LogP contribution in [0.1, 0.15) is 0 Å². The first-order chi connectivity index (χ1) is 6.27. The minimum absolute atomic E-state index is 0.0983. The lowest BCUT2D eigenvalue weighted by molar-refractivity contribution is 0.402. The van der Waals surface area contributed by atoms with Crippen molar-refractivity contribution in [3.63, 3.8) is 0 Å². The smallest absolute Gasteiger partial charge is 0.312 e. The first-order valence-corrected chi connectivity index (χ1v) is 3.78. The predicted molar refractivity (Wildman–Crippen MR) is 45.9 cm³/mol. The summed E-state index contributed by atoms with van der Waals surface area (Å²) in [6.07, 6.45) is 3.32. The Morgan fingerprint density at radius 2 is 2.31 bits per heavy atom. The number of hydrogen-bond donors (Lipinski definition) is 1. The standard InChI is InChI=1S/C8H8N4O/c1-12-8(13)10-7(11-12)6-3-2-4-9-5-6/h2-5H,1H3,(H,10,11,13). The molecule has 0 amide bonds. The highest BCUT2D eigenvalue weighted by molar-refractivity contribution is 5.52. The molecule has 0 aromatic carbocycles. The molecule has 1 N–H and O–H groups in total. The maximum atomic E-state index is 9.17. The fraction of sp³-hybridized carbons (Fsp3) is 0.125. The highest BCUT2D eigenvalue weighted by Gasteiger charge is 2.06. The maximum absolute atomic E-state index is 9.17. The largest absolute Gasteiger partial charge is 0.479 e. The molecule has 0 aliphatic carbocycles. The Balaban J connectivity index is 2.48. The number of nitrogens with zero attached hydrogens (tertiary/aromatic N) is 4. The van der Waals surface area contributed by atoms with Gasteiger partial charge in [0.25, 0.3) is 0 Å². The third-order valence-corrected chi connectivity index (χ3v) is 1.66. The van der Waals surface area contributed by atoms with E-state index in [2.05, 4.69) is 15.1 Å². The molecular weight excluding hydrogens is 168 g/mol. The quantitative estimate of drug-likeness (QED) is 0.690. The maximum Gasteiger partial charge on any atom is 0.312 e. The van der Waals surface area contributed by atoms with Crippen LogP contribution in [0.5, 0.6) is 6.01 Å². The lowest BCUT2D eigenvalue weighted by Crippen LogP contribution is -1.89. The van der Waals surface area contributed by atoms with Crippen LogP contribution in [0.25, 0.3) is 11.4 Å². The Morgan fingerprint density at radius 1 is 1.46 bits per heavy atom. The van der Waals surface area contributed by atoms with Gasteiger partial charge in [0.2, 0.25) is 0 Å². The highest BCUT2D eigenvalue weighted by atomic mass is 16.3. The molecule has 2 aromatic rings. The average molecular weight is 176 g/mol. The van der Waals surface area contributed by atoms with Crippen molar-refractivity contribution in [2.75, 3.05) is 0 Å². The van der Waals surface area contributed by atoms with E-state index in [0.717, 1.165) is 5.56 Å². The summed E-state index contributed by atoms with van der Waals surface area (Å²) in [7, 11) is 1.63. The molecular formula is C8H8N4O. The van der Waals surface area contributed by atoms with Gasteiger partial charge >= 0.3 is 6.01 Å².